The Morgan fingerprint density at radius 3 is 2.83 bits per heavy atom. The van der Waals surface area contributed by atoms with Gasteiger partial charge in [-0.1, -0.05) is 6.08 Å². The Labute approximate surface area is 109 Å². The molecule has 3 N–H and O–H groups in total. The molecule has 1 heterocycles. The van der Waals surface area contributed by atoms with Gasteiger partial charge >= 0.3 is 6.09 Å². The third-order valence-electron chi connectivity index (χ3n) is 3.08. The standard InChI is InChI=1S/C13H25N3O2/c1-5-6-11(15-14)10-7-8-16(9-10)12(17)18-13(2,3)4/h5,10-11,15H,1,6-9,14H2,2-4H3. The van der Waals surface area contributed by atoms with Crippen LogP contribution in [0.15, 0.2) is 12.7 Å². The fourth-order valence-corrected chi connectivity index (χ4v) is 2.18. The Bertz CT molecular complexity index is 299. The lowest BCUT2D eigenvalue weighted by molar-refractivity contribution is 0.0285. The molecule has 1 fully saturated rings. The van der Waals surface area contributed by atoms with Crippen molar-refractivity contribution in [3.05, 3.63) is 12.7 Å². The van der Waals surface area contributed by atoms with E-state index in [2.05, 4.69) is 12.0 Å². The summed E-state index contributed by atoms with van der Waals surface area (Å²) in [5.41, 5.74) is 2.36. The molecular formula is C13H25N3O2. The molecule has 1 aliphatic rings. The highest BCUT2D eigenvalue weighted by atomic mass is 16.6. The second kappa shape index (κ2) is 6.20. The van der Waals surface area contributed by atoms with Gasteiger partial charge in [-0.05, 0) is 39.5 Å². The maximum absolute atomic E-state index is 11.9. The van der Waals surface area contributed by atoms with E-state index in [4.69, 9.17) is 10.6 Å². The van der Waals surface area contributed by atoms with Crippen molar-refractivity contribution in [2.75, 3.05) is 13.1 Å². The summed E-state index contributed by atoms with van der Waals surface area (Å²) in [7, 11) is 0. The number of rotatable bonds is 4. The van der Waals surface area contributed by atoms with E-state index in [0.717, 1.165) is 19.4 Å². The molecule has 0 aromatic heterocycles. The molecule has 1 amide bonds. The van der Waals surface area contributed by atoms with Crippen LogP contribution in [0.5, 0.6) is 0 Å². The number of carbonyl (C=O) groups excluding carboxylic acids is 1. The first-order valence-corrected chi connectivity index (χ1v) is 6.42. The quantitative estimate of drug-likeness (QED) is 0.455. The van der Waals surface area contributed by atoms with Gasteiger partial charge in [0, 0.05) is 19.1 Å². The summed E-state index contributed by atoms with van der Waals surface area (Å²) in [5, 5.41) is 0. The van der Waals surface area contributed by atoms with Crippen LogP contribution in [0.4, 0.5) is 4.79 Å². The van der Waals surface area contributed by atoms with Crippen LogP contribution in [-0.4, -0.2) is 35.7 Å². The molecule has 0 aromatic rings. The molecule has 0 aromatic carbocycles. The van der Waals surface area contributed by atoms with Gasteiger partial charge in [-0.25, -0.2) is 4.79 Å². The highest BCUT2D eigenvalue weighted by Crippen LogP contribution is 2.23. The minimum atomic E-state index is -0.443. The molecule has 1 aliphatic heterocycles. The lowest BCUT2D eigenvalue weighted by atomic mass is 9.97. The van der Waals surface area contributed by atoms with E-state index in [1.54, 1.807) is 4.90 Å². The molecule has 0 saturated carbocycles. The van der Waals surface area contributed by atoms with E-state index >= 15 is 0 Å². The molecule has 0 bridgehead atoms. The number of hydrogen-bond acceptors (Lipinski definition) is 4. The minimum Gasteiger partial charge on any atom is -0.444 e. The minimum absolute atomic E-state index is 0.176. The van der Waals surface area contributed by atoms with E-state index in [1.807, 2.05) is 26.8 Å². The van der Waals surface area contributed by atoms with Crippen molar-refractivity contribution in [3.63, 3.8) is 0 Å². The first kappa shape index (κ1) is 15.0. The van der Waals surface area contributed by atoms with Crippen molar-refractivity contribution in [3.8, 4) is 0 Å². The van der Waals surface area contributed by atoms with Crippen molar-refractivity contribution >= 4 is 6.09 Å². The number of amides is 1. The number of carbonyl (C=O) groups is 1. The van der Waals surface area contributed by atoms with E-state index in [1.165, 1.54) is 0 Å². The topological polar surface area (TPSA) is 67.6 Å². The number of hydrogen-bond donors (Lipinski definition) is 2. The van der Waals surface area contributed by atoms with Crippen molar-refractivity contribution in [1.82, 2.24) is 10.3 Å². The van der Waals surface area contributed by atoms with Gasteiger partial charge in [0.2, 0.25) is 0 Å². The van der Waals surface area contributed by atoms with Crippen LogP contribution in [0, 0.1) is 5.92 Å². The van der Waals surface area contributed by atoms with Crippen molar-refractivity contribution in [1.29, 1.82) is 0 Å². The number of nitrogens with two attached hydrogens (primary N) is 1. The third kappa shape index (κ3) is 4.31. The van der Waals surface area contributed by atoms with Gasteiger partial charge in [-0.15, -0.1) is 6.58 Å². The average molecular weight is 255 g/mol. The van der Waals surface area contributed by atoms with Gasteiger partial charge in [0.1, 0.15) is 5.60 Å². The van der Waals surface area contributed by atoms with E-state index < -0.39 is 5.60 Å². The van der Waals surface area contributed by atoms with Gasteiger partial charge in [0.05, 0.1) is 0 Å². The molecule has 104 valence electrons. The molecule has 18 heavy (non-hydrogen) atoms. The molecule has 0 spiro atoms. The number of hydrazine groups is 1. The highest BCUT2D eigenvalue weighted by molar-refractivity contribution is 5.68. The van der Waals surface area contributed by atoms with E-state index in [-0.39, 0.29) is 12.1 Å². The normalized spacial score (nSPS) is 21.8. The smallest absolute Gasteiger partial charge is 0.410 e. The van der Waals surface area contributed by atoms with Gasteiger partial charge in [0.15, 0.2) is 0 Å². The molecule has 5 nitrogen and oxygen atoms in total. The molecule has 1 saturated heterocycles. The van der Waals surface area contributed by atoms with Crippen molar-refractivity contribution < 1.29 is 9.53 Å². The van der Waals surface area contributed by atoms with E-state index in [9.17, 15) is 4.79 Å². The average Bonchev–Trinajstić information content (AvgIpc) is 2.72. The van der Waals surface area contributed by atoms with Crippen molar-refractivity contribution in [2.45, 2.75) is 45.3 Å². The summed E-state index contributed by atoms with van der Waals surface area (Å²) >= 11 is 0. The fraction of sp³-hybridized carbons (Fsp3) is 0.769. The lowest BCUT2D eigenvalue weighted by Crippen LogP contribution is -2.42. The molecule has 2 atom stereocenters. The van der Waals surface area contributed by atoms with Crippen LogP contribution in [0.2, 0.25) is 0 Å². The van der Waals surface area contributed by atoms with Crippen LogP contribution in [0.3, 0.4) is 0 Å². The van der Waals surface area contributed by atoms with Crippen molar-refractivity contribution in [2.24, 2.45) is 11.8 Å². The highest BCUT2D eigenvalue weighted by Gasteiger charge is 2.33. The predicted octanol–water partition coefficient (Wildman–Crippen LogP) is 1.65. The van der Waals surface area contributed by atoms with Gasteiger partial charge in [-0.2, -0.15) is 0 Å². The van der Waals surface area contributed by atoms with Gasteiger partial charge < -0.3 is 9.64 Å². The second-order valence-corrected chi connectivity index (χ2v) is 5.77. The Morgan fingerprint density at radius 2 is 2.33 bits per heavy atom. The summed E-state index contributed by atoms with van der Waals surface area (Å²) in [6.45, 7) is 10.8. The van der Waals surface area contributed by atoms with Crippen LogP contribution in [-0.2, 0) is 4.74 Å². The molecular weight excluding hydrogens is 230 g/mol. The Hall–Kier alpha value is -1.07. The predicted molar refractivity (Wildman–Crippen MR) is 71.8 cm³/mol. The van der Waals surface area contributed by atoms with Crippen LogP contribution < -0.4 is 11.3 Å². The van der Waals surface area contributed by atoms with Gasteiger partial charge in [-0.3, -0.25) is 11.3 Å². The van der Waals surface area contributed by atoms with E-state index in [0.29, 0.717) is 12.5 Å². The Balaban J connectivity index is 2.50. The first-order chi connectivity index (χ1) is 8.37. The summed E-state index contributed by atoms with van der Waals surface area (Å²) in [5.74, 6) is 5.89. The number of nitrogens with one attached hydrogen (secondary N) is 1. The second-order valence-electron chi connectivity index (χ2n) is 5.77. The van der Waals surface area contributed by atoms with Crippen LogP contribution in [0.25, 0.3) is 0 Å². The summed E-state index contributed by atoms with van der Waals surface area (Å²) in [4.78, 5) is 13.7. The zero-order chi connectivity index (χ0) is 13.8. The maximum Gasteiger partial charge on any atom is 0.410 e. The number of ether oxygens (including phenoxy) is 1. The Morgan fingerprint density at radius 1 is 1.67 bits per heavy atom. The maximum atomic E-state index is 11.9. The zero-order valence-electron chi connectivity index (χ0n) is 11.6. The molecule has 2 unspecified atom stereocenters. The van der Waals surface area contributed by atoms with Crippen LogP contribution >= 0.6 is 0 Å². The SMILES string of the molecule is C=CCC(NN)C1CCN(C(=O)OC(C)(C)C)C1. The zero-order valence-corrected chi connectivity index (χ0v) is 11.6. The Kier molecular flexibility index (Phi) is 5.16. The summed E-state index contributed by atoms with van der Waals surface area (Å²) in [6.07, 6.45) is 3.37. The fourth-order valence-electron chi connectivity index (χ4n) is 2.18. The largest absolute Gasteiger partial charge is 0.444 e. The molecule has 5 heteroatoms. The number of likely N-dealkylation sites (tertiary alicyclic amines) is 1. The van der Waals surface area contributed by atoms with Gasteiger partial charge in [0.25, 0.3) is 0 Å². The number of nitrogens with zero attached hydrogens (tertiary/aromatic N) is 1. The summed E-state index contributed by atoms with van der Waals surface area (Å²) in [6, 6.07) is 0.176. The lowest BCUT2D eigenvalue weighted by Gasteiger charge is -2.25. The first-order valence-electron chi connectivity index (χ1n) is 6.42. The molecule has 1 rings (SSSR count). The third-order valence-corrected chi connectivity index (χ3v) is 3.08. The van der Waals surface area contributed by atoms with Crippen LogP contribution in [0.1, 0.15) is 33.6 Å². The molecule has 0 radical (unpaired) electrons. The summed E-state index contributed by atoms with van der Waals surface area (Å²) < 4.78 is 5.36. The monoisotopic (exact) mass is 255 g/mol. The molecule has 0 aliphatic carbocycles.